The largest absolute Gasteiger partial charge is 0.348 e. The van der Waals surface area contributed by atoms with Gasteiger partial charge in [-0.1, -0.05) is 74.5 Å². The number of hydrogen-bond acceptors (Lipinski definition) is 3. The molecule has 0 radical (unpaired) electrons. The number of amides is 2. The fourth-order valence-corrected chi connectivity index (χ4v) is 3.23. The van der Waals surface area contributed by atoms with Gasteiger partial charge in [-0.25, -0.2) is 0 Å². The van der Waals surface area contributed by atoms with E-state index in [2.05, 4.69) is 29.5 Å². The molecule has 1 atom stereocenters. The Morgan fingerprint density at radius 3 is 2.19 bits per heavy atom. The van der Waals surface area contributed by atoms with Crippen molar-refractivity contribution in [3.8, 4) is 11.1 Å². The molecular formula is C26H29N3O2. The number of carbonyl (C=O) groups is 2. The lowest BCUT2D eigenvalue weighted by Crippen LogP contribution is -2.40. The molecule has 0 aliphatic carbocycles. The summed E-state index contributed by atoms with van der Waals surface area (Å²) in [4.78, 5) is 29.7. The highest BCUT2D eigenvalue weighted by Crippen LogP contribution is 2.22. The number of carbonyl (C=O) groups excluding carboxylic acids is 2. The van der Waals surface area contributed by atoms with Gasteiger partial charge in [0.1, 0.15) is 6.04 Å². The Morgan fingerprint density at radius 1 is 0.871 bits per heavy atom. The van der Waals surface area contributed by atoms with Gasteiger partial charge in [-0.15, -0.1) is 0 Å². The maximum absolute atomic E-state index is 13.0. The fourth-order valence-electron chi connectivity index (χ4n) is 3.23. The van der Waals surface area contributed by atoms with E-state index in [4.69, 9.17) is 0 Å². The monoisotopic (exact) mass is 415 g/mol. The van der Waals surface area contributed by atoms with Gasteiger partial charge in [-0.3, -0.25) is 14.6 Å². The zero-order valence-electron chi connectivity index (χ0n) is 18.0. The Kier molecular flexibility index (Phi) is 7.93. The fraction of sp³-hybridized carbons (Fsp3) is 0.269. The molecule has 0 aliphatic rings. The molecule has 160 valence electrons. The van der Waals surface area contributed by atoms with Crippen LogP contribution in [0.25, 0.3) is 11.1 Å². The van der Waals surface area contributed by atoms with E-state index in [9.17, 15) is 9.59 Å². The third-order valence-corrected chi connectivity index (χ3v) is 5.04. The first-order valence-corrected chi connectivity index (χ1v) is 10.7. The van der Waals surface area contributed by atoms with Crippen LogP contribution >= 0.6 is 0 Å². The van der Waals surface area contributed by atoms with Crippen molar-refractivity contribution < 1.29 is 9.59 Å². The van der Waals surface area contributed by atoms with Gasteiger partial charge < -0.3 is 10.6 Å². The van der Waals surface area contributed by atoms with Crippen LogP contribution in [0.1, 0.15) is 44.0 Å². The topological polar surface area (TPSA) is 71.1 Å². The van der Waals surface area contributed by atoms with Crippen LogP contribution in [-0.2, 0) is 16.1 Å². The molecule has 0 spiro atoms. The molecule has 0 fully saturated rings. The molecule has 1 aromatic heterocycles. The number of aromatic nitrogens is 1. The minimum Gasteiger partial charge on any atom is -0.348 e. The van der Waals surface area contributed by atoms with Crippen LogP contribution in [0.4, 0.5) is 0 Å². The van der Waals surface area contributed by atoms with E-state index in [0.717, 1.165) is 28.8 Å². The van der Waals surface area contributed by atoms with E-state index in [-0.39, 0.29) is 11.8 Å². The van der Waals surface area contributed by atoms with Crippen molar-refractivity contribution in [3.63, 3.8) is 0 Å². The SMILES string of the molecule is CC(C)CCC(=O)N[C@H](C(=O)NCc1ccccn1)c1ccc(-c2ccccc2)cc1. The van der Waals surface area contributed by atoms with E-state index >= 15 is 0 Å². The molecule has 0 unspecified atom stereocenters. The highest BCUT2D eigenvalue weighted by Gasteiger charge is 2.23. The second-order valence-corrected chi connectivity index (χ2v) is 7.96. The first-order chi connectivity index (χ1) is 15.0. The quantitative estimate of drug-likeness (QED) is 0.534. The molecule has 3 aromatic rings. The van der Waals surface area contributed by atoms with Gasteiger partial charge in [0.05, 0.1) is 12.2 Å². The first-order valence-electron chi connectivity index (χ1n) is 10.7. The van der Waals surface area contributed by atoms with Crippen LogP contribution in [0.2, 0.25) is 0 Å². The molecule has 3 rings (SSSR count). The highest BCUT2D eigenvalue weighted by molar-refractivity contribution is 5.88. The molecule has 2 N–H and O–H groups in total. The highest BCUT2D eigenvalue weighted by atomic mass is 16.2. The third kappa shape index (κ3) is 6.78. The summed E-state index contributed by atoms with van der Waals surface area (Å²) in [6.07, 6.45) is 2.86. The molecule has 31 heavy (non-hydrogen) atoms. The summed E-state index contributed by atoms with van der Waals surface area (Å²) in [5.41, 5.74) is 3.67. The van der Waals surface area contributed by atoms with Crippen LogP contribution in [0, 0.1) is 5.92 Å². The molecular weight excluding hydrogens is 386 g/mol. The smallest absolute Gasteiger partial charge is 0.247 e. The number of pyridine rings is 1. The summed E-state index contributed by atoms with van der Waals surface area (Å²) in [5, 5.41) is 5.81. The number of nitrogens with one attached hydrogen (secondary N) is 2. The average Bonchev–Trinajstić information content (AvgIpc) is 2.81. The second kappa shape index (κ2) is 11.1. The van der Waals surface area contributed by atoms with Gasteiger partial charge in [-0.2, -0.15) is 0 Å². The standard InChI is InChI=1S/C26H29N3O2/c1-19(2)11-16-24(30)29-25(26(31)28-18-23-10-6-7-17-27-23)22-14-12-21(13-15-22)20-8-4-3-5-9-20/h3-10,12-15,17,19,25H,11,16,18H2,1-2H3,(H,28,31)(H,29,30)/t25-/m0/s1. The number of rotatable bonds is 9. The molecule has 0 saturated carbocycles. The van der Waals surface area contributed by atoms with Gasteiger partial charge in [0, 0.05) is 12.6 Å². The van der Waals surface area contributed by atoms with Crippen molar-refractivity contribution >= 4 is 11.8 Å². The minimum absolute atomic E-state index is 0.126. The van der Waals surface area contributed by atoms with Crippen molar-refractivity contribution in [3.05, 3.63) is 90.3 Å². The van der Waals surface area contributed by atoms with Crippen LogP contribution in [0.3, 0.4) is 0 Å². The Labute approximate surface area is 183 Å². The lowest BCUT2D eigenvalue weighted by atomic mass is 10.00. The normalized spacial score (nSPS) is 11.7. The molecule has 0 saturated heterocycles. The summed E-state index contributed by atoms with van der Waals surface area (Å²) in [7, 11) is 0. The Morgan fingerprint density at radius 2 is 1.55 bits per heavy atom. The van der Waals surface area contributed by atoms with Crippen molar-refractivity contribution in [2.75, 3.05) is 0 Å². The first kappa shape index (κ1) is 22.2. The van der Waals surface area contributed by atoms with E-state index in [1.807, 2.05) is 72.8 Å². The van der Waals surface area contributed by atoms with E-state index in [1.54, 1.807) is 6.20 Å². The molecule has 5 nitrogen and oxygen atoms in total. The van der Waals surface area contributed by atoms with Gasteiger partial charge in [0.15, 0.2) is 0 Å². The maximum Gasteiger partial charge on any atom is 0.247 e. The molecule has 1 heterocycles. The summed E-state index contributed by atoms with van der Waals surface area (Å²) in [6.45, 7) is 4.46. The van der Waals surface area contributed by atoms with Crippen LogP contribution in [-0.4, -0.2) is 16.8 Å². The van der Waals surface area contributed by atoms with Crippen LogP contribution < -0.4 is 10.6 Å². The van der Waals surface area contributed by atoms with E-state index in [1.165, 1.54) is 0 Å². The number of benzene rings is 2. The van der Waals surface area contributed by atoms with Crippen molar-refractivity contribution in [2.45, 2.75) is 39.3 Å². The molecule has 0 aliphatic heterocycles. The zero-order chi connectivity index (χ0) is 22.1. The lowest BCUT2D eigenvalue weighted by molar-refractivity contribution is -0.129. The summed E-state index contributed by atoms with van der Waals surface area (Å²) in [5.74, 6) is 0.0437. The van der Waals surface area contributed by atoms with Crippen molar-refractivity contribution in [1.29, 1.82) is 0 Å². The Bertz CT molecular complexity index is 971. The van der Waals surface area contributed by atoms with Crippen molar-refractivity contribution in [1.82, 2.24) is 15.6 Å². The van der Waals surface area contributed by atoms with E-state index < -0.39 is 6.04 Å². The van der Waals surface area contributed by atoms with Crippen molar-refractivity contribution in [2.24, 2.45) is 5.92 Å². The summed E-state index contributed by atoms with van der Waals surface area (Å²) in [6, 6.07) is 22.6. The Balaban J connectivity index is 1.75. The molecule has 2 aromatic carbocycles. The zero-order valence-corrected chi connectivity index (χ0v) is 18.0. The maximum atomic E-state index is 13.0. The van der Waals surface area contributed by atoms with Crippen LogP contribution in [0.15, 0.2) is 79.0 Å². The Hall–Kier alpha value is -3.47. The predicted molar refractivity (Wildman–Crippen MR) is 123 cm³/mol. The lowest BCUT2D eigenvalue weighted by Gasteiger charge is -2.20. The van der Waals surface area contributed by atoms with Gasteiger partial charge in [-0.05, 0) is 41.2 Å². The van der Waals surface area contributed by atoms with Gasteiger partial charge in [0.2, 0.25) is 11.8 Å². The summed E-state index contributed by atoms with van der Waals surface area (Å²) >= 11 is 0. The average molecular weight is 416 g/mol. The molecule has 2 amide bonds. The molecule has 0 bridgehead atoms. The predicted octanol–water partition coefficient (Wildman–Crippen LogP) is 4.66. The van der Waals surface area contributed by atoms with E-state index in [0.29, 0.717) is 18.9 Å². The van der Waals surface area contributed by atoms with Gasteiger partial charge >= 0.3 is 0 Å². The number of hydrogen-bond donors (Lipinski definition) is 2. The van der Waals surface area contributed by atoms with Gasteiger partial charge in [0.25, 0.3) is 0 Å². The third-order valence-electron chi connectivity index (χ3n) is 5.04. The second-order valence-electron chi connectivity index (χ2n) is 7.96. The summed E-state index contributed by atoms with van der Waals surface area (Å²) < 4.78 is 0. The minimum atomic E-state index is -0.756. The number of nitrogens with zero attached hydrogens (tertiary/aromatic N) is 1. The van der Waals surface area contributed by atoms with Crippen LogP contribution in [0.5, 0.6) is 0 Å². The molecule has 5 heteroatoms.